The highest BCUT2D eigenvalue weighted by atomic mass is 32.2. The molecule has 1 atom stereocenters. The molecule has 0 saturated heterocycles. The molecule has 0 spiro atoms. The zero-order chi connectivity index (χ0) is 22.8. The monoisotopic (exact) mass is 450 g/mol. The average Bonchev–Trinajstić information content (AvgIpc) is 2.65. The van der Waals surface area contributed by atoms with E-state index in [4.69, 9.17) is 9.66 Å². The molecule has 9 nitrogen and oxygen atoms in total. The number of hydrogen-bond acceptors (Lipinski definition) is 5. The maximum absolute atomic E-state index is 11.9. The molecule has 0 aromatic carbocycles. The molecule has 176 valence electrons. The molecular weight excluding hydrogens is 412 g/mol. The van der Waals surface area contributed by atoms with Crippen molar-refractivity contribution in [2.45, 2.75) is 95.9 Å². The summed E-state index contributed by atoms with van der Waals surface area (Å²) in [6, 6.07) is -1.30. The third kappa shape index (κ3) is 18.4. The minimum atomic E-state index is -4.37. The third-order valence-corrected chi connectivity index (χ3v) is 5.57. The second kappa shape index (κ2) is 17.0. The van der Waals surface area contributed by atoms with Gasteiger partial charge in [0, 0.05) is 19.9 Å². The van der Waals surface area contributed by atoms with Crippen LogP contribution in [0.4, 0.5) is 0 Å². The predicted octanol–water partition coefficient (Wildman–Crippen LogP) is 2.65. The number of hydrogen-bond donors (Lipinski definition) is 4. The van der Waals surface area contributed by atoms with Crippen molar-refractivity contribution in [2.75, 3.05) is 12.8 Å². The summed E-state index contributed by atoms with van der Waals surface area (Å²) in [5.74, 6) is -2.64. The number of rotatable bonds is 19. The Hall–Kier alpha value is -1.68. The molecule has 30 heavy (non-hydrogen) atoms. The fourth-order valence-electron chi connectivity index (χ4n) is 3.16. The highest BCUT2D eigenvalue weighted by Gasteiger charge is 2.25. The Labute approximate surface area is 180 Å². The van der Waals surface area contributed by atoms with Gasteiger partial charge in [0.15, 0.2) is 0 Å². The first kappa shape index (κ1) is 28.3. The lowest BCUT2D eigenvalue weighted by molar-refractivity contribution is -0.137. The van der Waals surface area contributed by atoms with Crippen LogP contribution >= 0.6 is 0 Å². The van der Waals surface area contributed by atoms with Crippen LogP contribution in [0, 0.1) is 0 Å². The van der Waals surface area contributed by atoms with Gasteiger partial charge in [0.05, 0.1) is 0 Å². The van der Waals surface area contributed by atoms with Crippen LogP contribution in [0.2, 0.25) is 0 Å². The van der Waals surface area contributed by atoms with Gasteiger partial charge in [0.2, 0.25) is 11.8 Å². The minimum absolute atomic E-state index is 0.209. The van der Waals surface area contributed by atoms with E-state index >= 15 is 0 Å². The van der Waals surface area contributed by atoms with Gasteiger partial charge in [0.25, 0.3) is 10.1 Å². The molecule has 0 aliphatic rings. The van der Waals surface area contributed by atoms with Crippen molar-refractivity contribution in [1.82, 2.24) is 10.6 Å². The van der Waals surface area contributed by atoms with Crippen LogP contribution in [-0.4, -0.2) is 54.7 Å². The van der Waals surface area contributed by atoms with E-state index in [0.717, 1.165) is 51.4 Å². The van der Waals surface area contributed by atoms with E-state index < -0.39 is 39.7 Å². The van der Waals surface area contributed by atoms with Crippen molar-refractivity contribution < 1.29 is 32.5 Å². The van der Waals surface area contributed by atoms with Gasteiger partial charge in [0.1, 0.15) is 11.8 Å². The van der Waals surface area contributed by atoms with Crippen LogP contribution < -0.4 is 10.6 Å². The number of unbranched alkanes of at least 4 members (excludes halogenated alkanes) is 11. The van der Waals surface area contributed by atoms with Crippen LogP contribution in [0.3, 0.4) is 0 Å². The lowest BCUT2D eigenvalue weighted by Gasteiger charge is -2.15. The van der Waals surface area contributed by atoms with Crippen molar-refractivity contribution in [3.05, 3.63) is 0 Å². The van der Waals surface area contributed by atoms with Crippen LogP contribution in [0.15, 0.2) is 0 Å². The van der Waals surface area contributed by atoms with Gasteiger partial charge in [-0.15, -0.1) is 0 Å². The first-order valence-corrected chi connectivity index (χ1v) is 12.4. The molecule has 0 heterocycles. The highest BCUT2D eigenvalue weighted by molar-refractivity contribution is 7.85. The molecule has 0 rings (SSSR count). The number of carboxylic acids is 1. The van der Waals surface area contributed by atoms with Gasteiger partial charge in [-0.1, -0.05) is 64.2 Å². The summed E-state index contributed by atoms with van der Waals surface area (Å²) in [6.45, 7) is 0. The minimum Gasteiger partial charge on any atom is -0.481 e. The number of aliphatic carboxylic acids is 1. The van der Waals surface area contributed by atoms with Crippen LogP contribution in [-0.2, 0) is 24.5 Å². The van der Waals surface area contributed by atoms with E-state index in [1.54, 1.807) is 0 Å². The summed E-state index contributed by atoms with van der Waals surface area (Å²) in [5, 5.41) is 13.2. The maximum atomic E-state index is 11.9. The summed E-state index contributed by atoms with van der Waals surface area (Å²) in [6.07, 6.45) is 12.9. The topological polar surface area (TPSA) is 150 Å². The molecular formula is C20H38N2O7S. The molecule has 4 N–H and O–H groups in total. The Morgan fingerprint density at radius 3 is 1.53 bits per heavy atom. The summed E-state index contributed by atoms with van der Waals surface area (Å²) in [4.78, 5) is 33.9. The molecule has 0 saturated carbocycles. The Balaban J connectivity index is 3.64. The Bertz CT molecular complexity index is 608. The number of carbonyl (C=O) groups is 3. The molecule has 0 aliphatic carbocycles. The smallest absolute Gasteiger partial charge is 0.303 e. The summed E-state index contributed by atoms with van der Waals surface area (Å²) in [5.41, 5.74) is 0. The maximum Gasteiger partial charge on any atom is 0.303 e. The van der Waals surface area contributed by atoms with Crippen molar-refractivity contribution in [1.29, 1.82) is 0 Å². The average molecular weight is 451 g/mol. The first-order valence-electron chi connectivity index (χ1n) is 10.8. The van der Waals surface area contributed by atoms with Crippen LogP contribution in [0.1, 0.15) is 89.9 Å². The molecule has 0 aromatic heterocycles. The summed E-state index contributed by atoms with van der Waals surface area (Å²) in [7, 11) is -3.05. The van der Waals surface area contributed by atoms with Gasteiger partial charge in [-0.2, -0.15) is 8.42 Å². The number of carbonyl (C=O) groups excluding carboxylic acids is 2. The Morgan fingerprint density at radius 2 is 1.17 bits per heavy atom. The summed E-state index contributed by atoms with van der Waals surface area (Å²) >= 11 is 0. The third-order valence-electron chi connectivity index (χ3n) is 4.82. The quantitative estimate of drug-likeness (QED) is 0.174. The zero-order valence-electron chi connectivity index (χ0n) is 18.0. The van der Waals surface area contributed by atoms with Crippen molar-refractivity contribution in [3.8, 4) is 0 Å². The number of amides is 2. The molecule has 0 aliphatic heterocycles. The fourth-order valence-corrected chi connectivity index (χ4v) is 3.82. The number of nitrogens with one attached hydrogen (secondary N) is 2. The van der Waals surface area contributed by atoms with Gasteiger partial charge < -0.3 is 15.7 Å². The number of carboxylic acid groups (broad SMARTS) is 1. The van der Waals surface area contributed by atoms with Gasteiger partial charge in [-0.05, 0) is 12.8 Å². The van der Waals surface area contributed by atoms with E-state index in [2.05, 4.69) is 10.6 Å². The number of likely N-dealkylation sites (N-methyl/N-ethyl adjacent to an activating group) is 1. The molecule has 0 bridgehead atoms. The summed E-state index contributed by atoms with van der Waals surface area (Å²) < 4.78 is 30.8. The molecule has 0 aromatic rings. The second-order valence-corrected chi connectivity index (χ2v) is 9.12. The van der Waals surface area contributed by atoms with Crippen molar-refractivity contribution in [3.63, 3.8) is 0 Å². The van der Waals surface area contributed by atoms with E-state index in [1.165, 1.54) is 26.3 Å². The van der Waals surface area contributed by atoms with Crippen LogP contribution in [0.25, 0.3) is 0 Å². The lowest BCUT2D eigenvalue weighted by atomic mass is 10.0. The lowest BCUT2D eigenvalue weighted by Crippen LogP contribution is -2.49. The van der Waals surface area contributed by atoms with Gasteiger partial charge in [-0.3, -0.25) is 18.9 Å². The zero-order valence-corrected chi connectivity index (χ0v) is 18.8. The van der Waals surface area contributed by atoms with E-state index in [1.807, 2.05) is 0 Å². The molecule has 0 fully saturated rings. The molecule has 10 heteroatoms. The standard InChI is InChI=1S/C20H38N2O7S/c1-21-20(26)17(16-30(27,28)29)22-18(23)14-12-10-8-6-4-2-3-5-7-9-11-13-15-19(24)25/h17H,2-16H2,1H3,(H,21,26)(H,22,23)(H,24,25)(H,27,28,29). The van der Waals surface area contributed by atoms with E-state index in [-0.39, 0.29) is 12.8 Å². The molecule has 0 radical (unpaired) electrons. The van der Waals surface area contributed by atoms with Crippen LogP contribution in [0.5, 0.6) is 0 Å². The van der Waals surface area contributed by atoms with E-state index in [0.29, 0.717) is 6.42 Å². The van der Waals surface area contributed by atoms with Gasteiger partial charge in [-0.25, -0.2) is 0 Å². The first-order chi connectivity index (χ1) is 14.2. The molecule has 2 amide bonds. The largest absolute Gasteiger partial charge is 0.481 e. The fraction of sp³-hybridized carbons (Fsp3) is 0.850. The Morgan fingerprint density at radius 1 is 0.767 bits per heavy atom. The second-order valence-electron chi connectivity index (χ2n) is 7.62. The van der Waals surface area contributed by atoms with E-state index in [9.17, 15) is 22.8 Å². The predicted molar refractivity (Wildman–Crippen MR) is 115 cm³/mol. The molecule has 1 unspecified atom stereocenters. The van der Waals surface area contributed by atoms with Crippen molar-refractivity contribution in [2.24, 2.45) is 0 Å². The SMILES string of the molecule is CNC(=O)C(CS(=O)(=O)O)NC(=O)CCCCCCCCCCCCCCC(=O)O. The highest BCUT2D eigenvalue weighted by Crippen LogP contribution is 2.13. The van der Waals surface area contributed by atoms with Gasteiger partial charge >= 0.3 is 5.97 Å². The van der Waals surface area contributed by atoms with Crippen molar-refractivity contribution >= 4 is 27.9 Å². The Kier molecular flexibility index (Phi) is 16.1. The normalized spacial score (nSPS) is 12.3.